The molecule has 2 aromatic heterocycles. The largest absolute Gasteiger partial charge is 0.497 e. The molecule has 0 unspecified atom stereocenters. The minimum absolute atomic E-state index is 0. The van der Waals surface area contributed by atoms with Gasteiger partial charge in [-0.3, -0.25) is 9.13 Å². The lowest BCUT2D eigenvalue weighted by molar-refractivity contribution is 0.414. The molecule has 0 bridgehead atoms. The van der Waals surface area contributed by atoms with E-state index in [1.807, 2.05) is 91.5 Å². The average Bonchev–Trinajstić information content (AvgIpc) is 3.85. The van der Waals surface area contributed by atoms with Crippen molar-refractivity contribution in [2.24, 2.45) is 0 Å². The first-order valence-electron chi connectivity index (χ1n) is 18.5. The zero-order chi connectivity index (χ0) is 39.8. The van der Waals surface area contributed by atoms with Crippen molar-refractivity contribution in [1.29, 1.82) is 0 Å². The Bertz CT molecular complexity index is 2490. The lowest BCUT2D eigenvalue weighted by Gasteiger charge is -2.10. The van der Waals surface area contributed by atoms with E-state index in [4.69, 9.17) is 19.5 Å². The van der Waals surface area contributed by atoms with Crippen LogP contribution in [0.15, 0.2) is 151 Å². The predicted octanol–water partition coefficient (Wildman–Crippen LogP) is 11.4. The summed E-state index contributed by atoms with van der Waals surface area (Å²) in [6.45, 7) is 8.59. The maximum Gasteiger partial charge on any atom is 0.488 e. The topological polar surface area (TPSA) is 94.6 Å². The third-order valence-corrected chi connectivity index (χ3v) is 10.0. The van der Waals surface area contributed by atoms with E-state index in [1.165, 1.54) is 16.7 Å². The molecule has 0 aliphatic carbocycles. The van der Waals surface area contributed by atoms with E-state index in [9.17, 15) is 0 Å². The van der Waals surface area contributed by atoms with Gasteiger partial charge in [-0.05, 0) is 118 Å². The molecule has 8 rings (SSSR count). The molecule has 0 spiro atoms. The number of hydrogen-bond acceptors (Lipinski definition) is 6. The highest BCUT2D eigenvalue weighted by molar-refractivity contribution is 9.10. The third-order valence-electron chi connectivity index (χ3n) is 9.52. The molecule has 0 aliphatic rings. The van der Waals surface area contributed by atoms with Crippen LogP contribution in [0.25, 0.3) is 44.6 Å². The van der Waals surface area contributed by atoms with Crippen LogP contribution in [-0.4, -0.2) is 50.5 Å². The fourth-order valence-corrected chi connectivity index (χ4v) is 6.57. The highest BCUT2D eigenvalue weighted by Crippen LogP contribution is 2.29. The van der Waals surface area contributed by atoms with Crippen molar-refractivity contribution < 1.29 is 19.5 Å². The van der Waals surface area contributed by atoms with E-state index in [-0.39, 0.29) is 14.9 Å². The Hall–Kier alpha value is -5.68. The van der Waals surface area contributed by atoms with Crippen molar-refractivity contribution in [3.8, 4) is 34.0 Å². The summed E-state index contributed by atoms with van der Waals surface area (Å²) in [6, 6.07) is 44.6. The number of halogens is 1. The molecule has 8 aromatic rings. The fourth-order valence-electron chi connectivity index (χ4n) is 6.22. The highest BCUT2D eigenvalue weighted by Gasteiger charge is 2.12. The van der Waals surface area contributed by atoms with Crippen LogP contribution < -0.4 is 14.9 Å². The van der Waals surface area contributed by atoms with Crippen LogP contribution in [0, 0.1) is 0 Å². The van der Waals surface area contributed by atoms with E-state index >= 15 is 0 Å². The molecule has 0 fully saturated rings. The monoisotopic (exact) mass is 840 g/mol. The summed E-state index contributed by atoms with van der Waals surface area (Å²) < 4.78 is 15.6. The number of rotatable bonds is 8. The number of fused-ring (bicyclic) bond motifs is 2. The van der Waals surface area contributed by atoms with Crippen molar-refractivity contribution in [2.75, 3.05) is 14.2 Å². The summed E-state index contributed by atoms with van der Waals surface area (Å²) in [5, 5.41) is 17.8. The first-order valence-corrected chi connectivity index (χ1v) is 19.3. The molecular weight excluding hydrogens is 787 g/mol. The zero-order valence-electron chi connectivity index (χ0n) is 32.5. The van der Waals surface area contributed by atoms with Crippen molar-refractivity contribution in [2.45, 2.75) is 54.4 Å². The van der Waals surface area contributed by atoms with Gasteiger partial charge in [0.05, 0.1) is 36.3 Å². The summed E-state index contributed by atoms with van der Waals surface area (Å²) in [6.07, 6.45) is 3.71. The van der Waals surface area contributed by atoms with Gasteiger partial charge in [-0.2, -0.15) is 0 Å². The van der Waals surface area contributed by atoms with Crippen LogP contribution in [0.3, 0.4) is 0 Å². The maximum absolute atomic E-state index is 8.89. The summed E-state index contributed by atoms with van der Waals surface area (Å²) in [7, 11) is 1.99. The second-order valence-electron chi connectivity index (χ2n) is 13.9. The molecule has 2 N–H and O–H groups in total. The van der Waals surface area contributed by atoms with Gasteiger partial charge in [-0.1, -0.05) is 113 Å². The number of methoxy groups -OCH3 is 2. The summed E-state index contributed by atoms with van der Waals surface area (Å²) in [5.74, 6) is 2.64. The molecule has 0 aliphatic heterocycles. The van der Waals surface area contributed by atoms with Gasteiger partial charge >= 0.3 is 7.12 Å². The van der Waals surface area contributed by atoms with E-state index in [0.717, 1.165) is 55.0 Å². The lowest BCUT2D eigenvalue weighted by atomic mass is 9.79. The van der Waals surface area contributed by atoms with E-state index in [1.54, 1.807) is 20.3 Å². The van der Waals surface area contributed by atoms with Gasteiger partial charge in [-0.15, -0.1) is 0 Å². The van der Waals surface area contributed by atoms with Crippen molar-refractivity contribution in [3.63, 3.8) is 0 Å². The Morgan fingerprint density at radius 2 is 1.02 bits per heavy atom. The minimum atomic E-state index is -1.36. The first kappa shape index (κ1) is 45.0. The summed E-state index contributed by atoms with van der Waals surface area (Å²) >= 11 is 3.49. The van der Waals surface area contributed by atoms with Gasteiger partial charge < -0.3 is 19.5 Å². The minimum Gasteiger partial charge on any atom is -0.497 e. The van der Waals surface area contributed by atoms with Gasteiger partial charge in [0, 0.05) is 15.8 Å². The molecule has 0 radical (unpaired) electrons. The van der Waals surface area contributed by atoms with Gasteiger partial charge in [0.1, 0.15) is 24.2 Å². The molecule has 0 saturated heterocycles. The molecule has 300 valence electrons. The van der Waals surface area contributed by atoms with E-state index < -0.39 is 7.12 Å². The number of ether oxygens (including phenoxy) is 2. The fraction of sp³-hybridized carbons (Fsp3) is 0.208. The van der Waals surface area contributed by atoms with Gasteiger partial charge in [0.15, 0.2) is 0 Å². The number of hydrogen-bond donors (Lipinski definition) is 2. The summed E-state index contributed by atoms with van der Waals surface area (Å²) in [4.78, 5) is 8.94. The molecule has 0 atom stereocenters. The van der Waals surface area contributed by atoms with Crippen LogP contribution in [0.1, 0.15) is 65.5 Å². The van der Waals surface area contributed by atoms with Crippen LogP contribution in [0.4, 0.5) is 0 Å². The summed E-state index contributed by atoms with van der Waals surface area (Å²) in [5.41, 5.74) is 11.8. The third kappa shape index (κ3) is 10.8. The number of imidazole rings is 2. The van der Waals surface area contributed by atoms with E-state index in [0.29, 0.717) is 17.3 Å². The average molecular weight is 842 g/mol. The van der Waals surface area contributed by atoms with Crippen molar-refractivity contribution in [1.82, 2.24) is 19.1 Å². The molecule has 0 amide bonds. The Kier molecular flexibility index (Phi) is 16.0. The Morgan fingerprint density at radius 1 is 0.552 bits per heavy atom. The van der Waals surface area contributed by atoms with Crippen LogP contribution in [-0.2, 0) is 0 Å². The SMILES string of the molecule is C.C.CC(C)c1cccc(B(O)O)c1.COc1ccc(-n2cnc3ccc(-c4cccc(C(C)C)c4)cc32)cc1.COc1ccc(-n2cnc3ccc(Br)cc32)cc1. The Labute approximate surface area is 352 Å². The molecule has 8 nitrogen and oxygen atoms in total. The highest BCUT2D eigenvalue weighted by atomic mass is 79.9. The normalized spacial score (nSPS) is 10.5. The smallest absolute Gasteiger partial charge is 0.488 e. The molecule has 10 heteroatoms. The quantitative estimate of drug-likeness (QED) is 0.148. The number of aromatic nitrogens is 4. The van der Waals surface area contributed by atoms with Crippen molar-refractivity contribution in [3.05, 3.63) is 162 Å². The molecule has 0 saturated carbocycles. The second kappa shape index (κ2) is 20.7. The van der Waals surface area contributed by atoms with Gasteiger partial charge in [0.25, 0.3) is 0 Å². The van der Waals surface area contributed by atoms with Crippen molar-refractivity contribution >= 4 is 50.6 Å². The number of benzene rings is 6. The zero-order valence-corrected chi connectivity index (χ0v) is 34.1. The second-order valence-corrected chi connectivity index (χ2v) is 14.9. The lowest BCUT2D eigenvalue weighted by Crippen LogP contribution is -2.29. The van der Waals surface area contributed by atoms with Gasteiger partial charge in [-0.25, -0.2) is 9.97 Å². The standard InChI is InChI=1S/C23H22N2O.C14H11BrN2O.C9H13BO2.2CH4/c1-16(2)17-5-4-6-18(13-17)19-7-12-22-23(14-19)25(15-24-22)20-8-10-21(26-3)11-9-20;1-18-12-5-3-11(4-6-12)17-9-16-13-7-2-10(15)8-14(13)17;1-7(2)8-4-3-5-9(6-8)10(11)12;;/h4-16H,1-3H3;2-9H,1H3;3-7,11-12H,1-2H3;2*1H4. The van der Waals surface area contributed by atoms with Crippen LogP contribution in [0.5, 0.6) is 11.5 Å². The first-order chi connectivity index (χ1) is 27.0. The Balaban J connectivity index is 0.000000203. The molecular formula is C48H54BBrN4O4. The maximum atomic E-state index is 8.89. The van der Waals surface area contributed by atoms with E-state index in [2.05, 4.69) is 111 Å². The predicted molar refractivity (Wildman–Crippen MR) is 246 cm³/mol. The molecule has 58 heavy (non-hydrogen) atoms. The van der Waals surface area contributed by atoms with Gasteiger partial charge in [0.2, 0.25) is 0 Å². The number of nitrogens with zero attached hydrogens (tertiary/aromatic N) is 4. The molecule has 2 heterocycles. The Morgan fingerprint density at radius 3 is 1.52 bits per heavy atom. The van der Waals surface area contributed by atoms with Crippen LogP contribution in [0.2, 0.25) is 0 Å². The molecule has 6 aromatic carbocycles. The van der Waals surface area contributed by atoms with Crippen LogP contribution >= 0.6 is 15.9 Å².